The second kappa shape index (κ2) is 9.43. The molecule has 0 saturated carbocycles. The molecule has 0 radical (unpaired) electrons. The number of ketones is 1. The molecule has 0 spiro atoms. The van der Waals surface area contributed by atoms with E-state index in [0.717, 1.165) is 17.7 Å². The molecule has 1 aromatic heterocycles. The predicted octanol–water partition coefficient (Wildman–Crippen LogP) is 3.94. The number of halogens is 3. The number of fused-ring (bicyclic) bond motifs is 1. The van der Waals surface area contributed by atoms with E-state index in [4.69, 9.17) is 9.47 Å². The molecule has 1 aliphatic heterocycles. The summed E-state index contributed by atoms with van der Waals surface area (Å²) in [7, 11) is 3.03. The summed E-state index contributed by atoms with van der Waals surface area (Å²) in [5, 5.41) is 3.06. The Bertz CT molecular complexity index is 1560. The Morgan fingerprint density at radius 1 is 0.868 bits per heavy atom. The number of carbonyl (C=O) groups excluding carboxylic acids is 1. The maximum Gasteiger partial charge on any atom is 0.573 e. The van der Waals surface area contributed by atoms with Crippen molar-refractivity contribution in [2.75, 3.05) is 19.5 Å². The van der Waals surface area contributed by atoms with E-state index in [0.29, 0.717) is 34.8 Å². The van der Waals surface area contributed by atoms with Crippen molar-refractivity contribution in [2.45, 2.75) is 31.0 Å². The summed E-state index contributed by atoms with van der Waals surface area (Å²) in [6.45, 7) is 0. The molecule has 2 aromatic carbocycles. The molecule has 0 saturated heterocycles. The number of carbonyl (C=O) groups is 1. The van der Waals surface area contributed by atoms with E-state index in [-0.39, 0.29) is 29.5 Å². The van der Waals surface area contributed by atoms with Crippen LogP contribution in [0.2, 0.25) is 0 Å². The van der Waals surface area contributed by atoms with Gasteiger partial charge in [0.15, 0.2) is 17.3 Å². The minimum absolute atomic E-state index is 0.0887. The van der Waals surface area contributed by atoms with Crippen LogP contribution >= 0.6 is 0 Å². The maximum absolute atomic E-state index is 13.6. The van der Waals surface area contributed by atoms with Crippen LogP contribution in [-0.2, 0) is 4.79 Å². The number of alkyl halides is 3. The summed E-state index contributed by atoms with van der Waals surface area (Å²) < 4.78 is 52.6. The first kappa shape index (κ1) is 25.2. The Balaban J connectivity index is 1.59. The predicted molar refractivity (Wildman–Crippen MR) is 130 cm³/mol. The second-order valence-corrected chi connectivity index (χ2v) is 8.91. The maximum atomic E-state index is 13.6. The summed E-state index contributed by atoms with van der Waals surface area (Å²) >= 11 is 0. The fourth-order valence-electron chi connectivity index (χ4n) is 5.09. The van der Waals surface area contributed by atoms with Gasteiger partial charge in [-0.25, -0.2) is 4.79 Å². The minimum atomic E-state index is -4.87. The zero-order valence-electron chi connectivity index (χ0n) is 20.2. The molecule has 1 aliphatic carbocycles. The van der Waals surface area contributed by atoms with E-state index in [2.05, 4.69) is 20.0 Å². The number of Topliss-reactive ketones (excluding diaryl/α,β-unsaturated/α-hetero) is 1. The Morgan fingerprint density at radius 3 is 2.21 bits per heavy atom. The van der Waals surface area contributed by atoms with Crippen LogP contribution in [0.4, 0.5) is 19.0 Å². The molecule has 0 bridgehead atoms. The van der Waals surface area contributed by atoms with Gasteiger partial charge >= 0.3 is 12.1 Å². The topological polar surface area (TPSA) is 123 Å². The van der Waals surface area contributed by atoms with Gasteiger partial charge in [0.25, 0.3) is 5.56 Å². The van der Waals surface area contributed by atoms with Crippen LogP contribution in [0.5, 0.6) is 17.2 Å². The number of H-pyrrole nitrogens is 2. The van der Waals surface area contributed by atoms with Crippen molar-refractivity contribution >= 4 is 11.6 Å². The number of aromatic nitrogens is 2. The van der Waals surface area contributed by atoms with Crippen molar-refractivity contribution in [3.63, 3.8) is 0 Å². The van der Waals surface area contributed by atoms with Crippen molar-refractivity contribution in [2.24, 2.45) is 0 Å². The fraction of sp³-hybridized carbons (Fsp3) is 0.269. The number of anilines is 1. The smallest absolute Gasteiger partial charge is 0.493 e. The van der Waals surface area contributed by atoms with Crippen LogP contribution in [-0.4, -0.2) is 36.3 Å². The van der Waals surface area contributed by atoms with Crippen LogP contribution in [0.3, 0.4) is 0 Å². The van der Waals surface area contributed by atoms with E-state index in [1.165, 1.54) is 26.4 Å². The van der Waals surface area contributed by atoms with E-state index < -0.39 is 29.3 Å². The van der Waals surface area contributed by atoms with Crippen molar-refractivity contribution in [1.29, 1.82) is 0 Å². The molecule has 3 N–H and O–H groups in total. The molecule has 2 unspecified atom stereocenters. The highest BCUT2D eigenvalue weighted by Gasteiger charge is 2.40. The van der Waals surface area contributed by atoms with Gasteiger partial charge in [0.2, 0.25) is 0 Å². The Labute approximate surface area is 213 Å². The number of hydrogen-bond donors (Lipinski definition) is 3. The molecule has 2 heterocycles. The summed E-state index contributed by atoms with van der Waals surface area (Å²) in [6, 6.07) is 10.3. The highest BCUT2D eigenvalue weighted by atomic mass is 19.4. The number of allylic oxidation sites excluding steroid dienone is 2. The van der Waals surface area contributed by atoms with Crippen LogP contribution in [0.1, 0.15) is 41.4 Å². The third-order valence-electron chi connectivity index (χ3n) is 6.67. The van der Waals surface area contributed by atoms with Crippen molar-refractivity contribution < 1.29 is 32.2 Å². The number of ether oxygens (including phenoxy) is 3. The van der Waals surface area contributed by atoms with Crippen molar-refractivity contribution in [1.82, 2.24) is 9.97 Å². The van der Waals surface area contributed by atoms with Gasteiger partial charge in [-0.2, -0.15) is 0 Å². The number of hydrogen-bond acceptors (Lipinski definition) is 7. The zero-order valence-corrected chi connectivity index (χ0v) is 20.2. The lowest BCUT2D eigenvalue weighted by Crippen LogP contribution is -2.37. The molecule has 12 heteroatoms. The Morgan fingerprint density at radius 2 is 1.55 bits per heavy atom. The van der Waals surface area contributed by atoms with Crippen LogP contribution in [0.25, 0.3) is 0 Å². The van der Waals surface area contributed by atoms with E-state index >= 15 is 0 Å². The van der Waals surface area contributed by atoms with Crippen LogP contribution < -0.4 is 30.8 Å². The summed E-state index contributed by atoms with van der Waals surface area (Å²) in [6.07, 6.45) is -4.37. The minimum Gasteiger partial charge on any atom is -0.493 e. The number of aromatic amines is 2. The van der Waals surface area contributed by atoms with Crippen LogP contribution in [0.15, 0.2) is 63.3 Å². The number of nitrogens with one attached hydrogen (secondary N) is 3. The molecule has 5 rings (SSSR count). The van der Waals surface area contributed by atoms with Gasteiger partial charge in [0, 0.05) is 23.6 Å². The summed E-state index contributed by atoms with van der Waals surface area (Å²) in [4.78, 5) is 43.3. The van der Waals surface area contributed by atoms with Crippen molar-refractivity contribution in [3.8, 4) is 17.2 Å². The van der Waals surface area contributed by atoms with Gasteiger partial charge in [-0.1, -0.05) is 18.2 Å². The summed E-state index contributed by atoms with van der Waals surface area (Å²) in [5.74, 6) is -0.669. The first-order valence-corrected chi connectivity index (χ1v) is 11.6. The largest absolute Gasteiger partial charge is 0.573 e. The highest BCUT2D eigenvalue weighted by Crippen LogP contribution is 2.47. The average molecular weight is 529 g/mol. The zero-order chi connectivity index (χ0) is 27.2. The van der Waals surface area contributed by atoms with Crippen LogP contribution in [0, 0.1) is 0 Å². The van der Waals surface area contributed by atoms with Gasteiger partial charge < -0.3 is 19.5 Å². The highest BCUT2D eigenvalue weighted by molar-refractivity contribution is 6.01. The average Bonchev–Trinajstić information content (AvgIpc) is 2.86. The third kappa shape index (κ3) is 4.64. The van der Waals surface area contributed by atoms with E-state index in [1.807, 2.05) is 6.07 Å². The first-order valence-electron chi connectivity index (χ1n) is 11.6. The molecular weight excluding hydrogens is 507 g/mol. The fourth-order valence-corrected chi connectivity index (χ4v) is 5.09. The monoisotopic (exact) mass is 529 g/mol. The van der Waals surface area contributed by atoms with E-state index in [9.17, 15) is 27.6 Å². The molecule has 0 fully saturated rings. The lowest BCUT2D eigenvalue weighted by molar-refractivity contribution is -0.274. The van der Waals surface area contributed by atoms with Gasteiger partial charge in [-0.15, -0.1) is 13.2 Å². The van der Waals surface area contributed by atoms with E-state index in [1.54, 1.807) is 12.1 Å². The third-order valence-corrected chi connectivity index (χ3v) is 6.67. The van der Waals surface area contributed by atoms with Gasteiger partial charge in [-0.05, 0) is 47.7 Å². The SMILES string of the molecule is COc1ccc(C2CC(=O)C3=C(C2)Nc2[nH]c(=O)[nH]c(=O)c2C3c2ccc(OC(F)(F)F)cc2)cc1OC. The molecule has 0 amide bonds. The first-order chi connectivity index (χ1) is 18.1. The molecule has 9 nitrogen and oxygen atoms in total. The van der Waals surface area contributed by atoms with Gasteiger partial charge in [0.05, 0.1) is 19.8 Å². The number of methoxy groups -OCH3 is 2. The van der Waals surface area contributed by atoms with Gasteiger partial charge in [0.1, 0.15) is 11.6 Å². The number of benzene rings is 2. The standard InChI is InChI=1S/C26H22F3N3O6/c1-36-18-8-5-13(11-19(18)37-2)14-9-16-21(17(33)10-14)20(22-23(30-16)31-25(35)32-24(22)34)12-3-6-15(7-4-12)38-26(27,28)29/h3-8,11,14,20H,9-10H2,1-2H3,(H3,30,31,32,34,35). The molecular formula is C26H22F3N3O6. The Hall–Kier alpha value is -4.48. The lowest BCUT2D eigenvalue weighted by Gasteiger charge is -2.35. The second-order valence-electron chi connectivity index (χ2n) is 8.91. The van der Waals surface area contributed by atoms with Crippen molar-refractivity contribution in [3.05, 3.63) is 91.3 Å². The molecule has 2 aliphatic rings. The summed E-state index contributed by atoms with van der Waals surface area (Å²) in [5.41, 5.74) is 0.692. The molecule has 3 aromatic rings. The lowest BCUT2D eigenvalue weighted by atomic mass is 9.72. The van der Waals surface area contributed by atoms with Gasteiger partial charge in [-0.3, -0.25) is 19.6 Å². The molecule has 38 heavy (non-hydrogen) atoms. The molecule has 198 valence electrons. The quantitative estimate of drug-likeness (QED) is 0.458. The Kier molecular flexibility index (Phi) is 6.25. The molecule has 2 atom stereocenters. The number of rotatable bonds is 5. The normalized spacial score (nSPS) is 18.8.